The zero-order valence-electron chi connectivity index (χ0n) is 12.5. The van der Waals surface area contributed by atoms with Crippen LogP contribution in [0.1, 0.15) is 20.8 Å². The molecule has 7 heteroatoms. The highest BCUT2D eigenvalue weighted by Gasteiger charge is 2.13. The molecule has 114 valence electrons. The van der Waals surface area contributed by atoms with E-state index in [0.29, 0.717) is 11.7 Å². The van der Waals surface area contributed by atoms with Gasteiger partial charge in [-0.15, -0.1) is 0 Å². The molecule has 1 aromatic rings. The molecule has 0 aliphatic rings. The van der Waals surface area contributed by atoms with Gasteiger partial charge in [-0.3, -0.25) is 10.1 Å². The molecule has 0 bridgehead atoms. The van der Waals surface area contributed by atoms with E-state index in [0.717, 1.165) is 5.57 Å². The number of allylic oxidation sites excluding steroid dienone is 1. The lowest BCUT2D eigenvalue weighted by molar-refractivity contribution is -0.384. The minimum absolute atomic E-state index is 0.125. The van der Waals surface area contributed by atoms with Crippen LogP contribution in [-0.4, -0.2) is 18.1 Å². The van der Waals surface area contributed by atoms with Crippen molar-refractivity contribution in [2.45, 2.75) is 20.8 Å². The van der Waals surface area contributed by atoms with Crippen LogP contribution in [0, 0.1) is 16.0 Å². The predicted molar refractivity (Wildman–Crippen MR) is 80.4 cm³/mol. The van der Waals surface area contributed by atoms with Crippen LogP contribution in [0.3, 0.4) is 0 Å². The minimum atomic E-state index is -0.536. The number of hydrogen-bond acceptors (Lipinski definition) is 4. The van der Waals surface area contributed by atoms with Crippen molar-refractivity contribution in [1.82, 2.24) is 5.32 Å². The largest absolute Gasteiger partial charge is 0.495 e. The number of hydrogen-bond donors (Lipinski definition) is 2. The summed E-state index contributed by atoms with van der Waals surface area (Å²) in [5.74, 6) is 0.665. The Kier molecular flexibility index (Phi) is 5.71. The molecule has 0 aromatic heterocycles. The van der Waals surface area contributed by atoms with Crippen molar-refractivity contribution < 1.29 is 14.5 Å². The van der Waals surface area contributed by atoms with E-state index in [9.17, 15) is 14.9 Å². The highest BCUT2D eigenvalue weighted by molar-refractivity contribution is 5.92. The van der Waals surface area contributed by atoms with Gasteiger partial charge >= 0.3 is 6.03 Å². The molecular formula is C14H19N3O4. The Balaban J connectivity index is 2.86. The Morgan fingerprint density at radius 3 is 2.62 bits per heavy atom. The number of anilines is 1. The number of nitro benzene ring substituents is 1. The number of nitrogens with one attached hydrogen (secondary N) is 2. The molecule has 2 N–H and O–H groups in total. The molecule has 1 aromatic carbocycles. The Bertz CT molecular complexity index is 567. The molecule has 0 heterocycles. The Morgan fingerprint density at radius 2 is 2.10 bits per heavy atom. The summed E-state index contributed by atoms with van der Waals surface area (Å²) in [6.45, 7) is 5.92. The van der Waals surface area contributed by atoms with Crippen LogP contribution in [0.5, 0.6) is 5.75 Å². The number of nitrogens with zero attached hydrogens (tertiary/aromatic N) is 1. The van der Waals surface area contributed by atoms with Gasteiger partial charge in [-0.25, -0.2) is 4.79 Å². The number of urea groups is 1. The van der Waals surface area contributed by atoms with Gasteiger partial charge in [0.15, 0.2) is 0 Å². The van der Waals surface area contributed by atoms with E-state index in [4.69, 9.17) is 4.74 Å². The average Bonchev–Trinajstić information content (AvgIpc) is 2.44. The highest BCUT2D eigenvalue weighted by atomic mass is 16.6. The van der Waals surface area contributed by atoms with Gasteiger partial charge in [-0.1, -0.05) is 19.4 Å². The molecule has 0 aliphatic carbocycles. The SMILES string of the molecule is COc1ccc([N+](=O)[O-])cc1NC(=O)N/C=C(\C)C(C)C. The maximum absolute atomic E-state index is 11.8. The van der Waals surface area contributed by atoms with Crippen molar-refractivity contribution in [3.05, 3.63) is 40.1 Å². The first kappa shape index (κ1) is 16.5. The monoisotopic (exact) mass is 293 g/mol. The molecule has 21 heavy (non-hydrogen) atoms. The van der Waals surface area contributed by atoms with E-state index in [1.54, 1.807) is 6.20 Å². The molecule has 0 spiro atoms. The van der Waals surface area contributed by atoms with Gasteiger partial charge in [0.1, 0.15) is 5.75 Å². The fourth-order valence-corrected chi connectivity index (χ4v) is 1.41. The number of benzene rings is 1. The van der Waals surface area contributed by atoms with E-state index in [1.807, 2.05) is 20.8 Å². The number of amides is 2. The van der Waals surface area contributed by atoms with E-state index in [1.165, 1.54) is 25.3 Å². The van der Waals surface area contributed by atoms with Crippen LogP contribution >= 0.6 is 0 Å². The topological polar surface area (TPSA) is 93.5 Å². The van der Waals surface area contributed by atoms with Crippen molar-refractivity contribution >= 4 is 17.4 Å². The molecule has 7 nitrogen and oxygen atoms in total. The maximum atomic E-state index is 11.8. The van der Waals surface area contributed by atoms with Crippen molar-refractivity contribution in [1.29, 1.82) is 0 Å². The van der Waals surface area contributed by atoms with Crippen molar-refractivity contribution in [3.8, 4) is 5.75 Å². The molecule has 0 radical (unpaired) electrons. The molecule has 0 aliphatic heterocycles. The summed E-state index contributed by atoms with van der Waals surface area (Å²) in [5, 5.41) is 15.9. The zero-order chi connectivity index (χ0) is 16.0. The summed E-state index contributed by atoms with van der Waals surface area (Å²) < 4.78 is 5.06. The van der Waals surface area contributed by atoms with Gasteiger partial charge in [0, 0.05) is 18.3 Å². The molecule has 0 fully saturated rings. The standard InChI is InChI=1S/C14H19N3O4/c1-9(2)10(3)8-15-14(18)16-12-7-11(17(19)20)5-6-13(12)21-4/h5-9H,1-4H3,(H2,15,16,18)/b10-8+. The van der Waals surface area contributed by atoms with Crippen molar-refractivity contribution in [2.75, 3.05) is 12.4 Å². The lowest BCUT2D eigenvalue weighted by Crippen LogP contribution is -2.24. The summed E-state index contributed by atoms with van der Waals surface area (Å²) in [5.41, 5.74) is 1.12. The smallest absolute Gasteiger partial charge is 0.323 e. The third kappa shape index (κ3) is 4.79. The summed E-state index contributed by atoms with van der Waals surface area (Å²) in [6.07, 6.45) is 1.60. The van der Waals surface area contributed by atoms with Gasteiger partial charge in [0.05, 0.1) is 17.7 Å². The molecule has 0 atom stereocenters. The number of carbonyl (C=O) groups is 1. The summed E-state index contributed by atoms with van der Waals surface area (Å²) in [6, 6.07) is 3.50. The molecule has 0 saturated heterocycles. The van der Waals surface area contributed by atoms with E-state index < -0.39 is 11.0 Å². The second kappa shape index (κ2) is 7.28. The number of rotatable bonds is 5. The number of ether oxygens (including phenoxy) is 1. The molecule has 2 amide bonds. The van der Waals surface area contributed by atoms with E-state index >= 15 is 0 Å². The third-order valence-corrected chi connectivity index (χ3v) is 2.98. The lowest BCUT2D eigenvalue weighted by atomic mass is 10.1. The minimum Gasteiger partial charge on any atom is -0.495 e. The van der Waals surface area contributed by atoms with Gasteiger partial charge < -0.3 is 15.4 Å². The number of non-ortho nitro benzene ring substituents is 1. The second-order valence-corrected chi connectivity index (χ2v) is 4.78. The van der Waals surface area contributed by atoms with Crippen molar-refractivity contribution in [3.63, 3.8) is 0 Å². The van der Waals surface area contributed by atoms with Gasteiger partial charge in [0.2, 0.25) is 0 Å². The first-order valence-electron chi connectivity index (χ1n) is 6.41. The highest BCUT2D eigenvalue weighted by Crippen LogP contribution is 2.28. The fraction of sp³-hybridized carbons (Fsp3) is 0.357. The molecule has 0 unspecified atom stereocenters. The zero-order valence-corrected chi connectivity index (χ0v) is 12.5. The van der Waals surface area contributed by atoms with Crippen LogP contribution < -0.4 is 15.4 Å². The number of nitro groups is 1. The lowest BCUT2D eigenvalue weighted by Gasteiger charge is -2.10. The number of carbonyl (C=O) groups excluding carboxylic acids is 1. The summed E-state index contributed by atoms with van der Waals surface area (Å²) >= 11 is 0. The summed E-state index contributed by atoms with van der Waals surface area (Å²) in [4.78, 5) is 22.0. The van der Waals surface area contributed by atoms with Crippen molar-refractivity contribution in [2.24, 2.45) is 5.92 Å². The Hall–Kier alpha value is -2.57. The normalized spacial score (nSPS) is 11.2. The second-order valence-electron chi connectivity index (χ2n) is 4.78. The Labute approximate surface area is 123 Å². The van der Waals surface area contributed by atoms with Crippen LogP contribution in [0.15, 0.2) is 30.0 Å². The van der Waals surface area contributed by atoms with Crippen LogP contribution in [0.2, 0.25) is 0 Å². The van der Waals surface area contributed by atoms with E-state index in [2.05, 4.69) is 10.6 Å². The Morgan fingerprint density at radius 1 is 1.43 bits per heavy atom. The van der Waals surface area contributed by atoms with Crippen LogP contribution in [0.4, 0.5) is 16.2 Å². The van der Waals surface area contributed by atoms with Crippen LogP contribution in [-0.2, 0) is 0 Å². The van der Waals surface area contributed by atoms with Gasteiger partial charge in [-0.05, 0) is 18.9 Å². The molecule has 0 saturated carbocycles. The van der Waals surface area contributed by atoms with E-state index in [-0.39, 0.29) is 11.4 Å². The molecule has 1 rings (SSSR count). The fourth-order valence-electron chi connectivity index (χ4n) is 1.41. The molecular weight excluding hydrogens is 274 g/mol. The van der Waals surface area contributed by atoms with Crippen LogP contribution in [0.25, 0.3) is 0 Å². The average molecular weight is 293 g/mol. The first-order chi connectivity index (χ1) is 9.85. The number of methoxy groups -OCH3 is 1. The predicted octanol–water partition coefficient (Wildman–Crippen LogP) is 3.28. The first-order valence-corrected chi connectivity index (χ1v) is 6.41. The van der Waals surface area contributed by atoms with Gasteiger partial charge in [0.25, 0.3) is 5.69 Å². The quantitative estimate of drug-likeness (QED) is 0.643. The summed E-state index contributed by atoms with van der Waals surface area (Å²) in [7, 11) is 1.42. The maximum Gasteiger partial charge on any atom is 0.323 e. The third-order valence-electron chi connectivity index (χ3n) is 2.98. The van der Waals surface area contributed by atoms with Gasteiger partial charge in [-0.2, -0.15) is 0 Å².